The first-order valence-electron chi connectivity index (χ1n) is 7.74. The Kier molecular flexibility index (Phi) is 5.00. The second-order valence-electron chi connectivity index (χ2n) is 5.76. The third-order valence-electron chi connectivity index (χ3n) is 4.13. The van der Waals surface area contributed by atoms with E-state index in [1.807, 2.05) is 6.07 Å². The lowest BCUT2D eigenvalue weighted by Crippen LogP contribution is -2.04. The molecule has 6 nitrogen and oxygen atoms in total. The molecular formula is C19H12Cl2N4O2. The number of nitrogens with zero attached hydrogens (tertiary/aromatic N) is 3. The number of hydrogen-bond donors (Lipinski definition) is 1. The van der Waals surface area contributed by atoms with E-state index < -0.39 is 4.92 Å². The SMILES string of the molecule is Cc1c(-c2ccc(Cl)cc2)nc(N)c(C#N)c1-c1cc([N+](=O)[O-])ccc1Cl. The minimum atomic E-state index is -0.522. The summed E-state index contributed by atoms with van der Waals surface area (Å²) in [7, 11) is 0. The van der Waals surface area contributed by atoms with Gasteiger partial charge in [-0.05, 0) is 30.7 Å². The Morgan fingerprint density at radius 2 is 1.85 bits per heavy atom. The molecule has 2 N–H and O–H groups in total. The Hall–Kier alpha value is -3.14. The van der Waals surface area contributed by atoms with Crippen molar-refractivity contribution in [2.75, 3.05) is 5.73 Å². The molecule has 134 valence electrons. The zero-order chi connectivity index (χ0) is 19.7. The van der Waals surface area contributed by atoms with E-state index in [9.17, 15) is 15.4 Å². The first-order valence-corrected chi connectivity index (χ1v) is 8.49. The third kappa shape index (κ3) is 3.43. The normalized spacial score (nSPS) is 10.4. The second-order valence-corrected chi connectivity index (χ2v) is 6.60. The first kappa shape index (κ1) is 18.6. The number of anilines is 1. The first-order chi connectivity index (χ1) is 12.8. The van der Waals surface area contributed by atoms with Crippen LogP contribution in [0, 0.1) is 28.4 Å². The topological polar surface area (TPSA) is 106 Å². The number of nitrogen functional groups attached to an aromatic ring is 1. The van der Waals surface area contributed by atoms with Crippen molar-refractivity contribution in [2.24, 2.45) is 0 Å². The van der Waals surface area contributed by atoms with Gasteiger partial charge in [-0.2, -0.15) is 5.26 Å². The van der Waals surface area contributed by atoms with Crippen LogP contribution < -0.4 is 5.73 Å². The molecule has 0 saturated carbocycles. The van der Waals surface area contributed by atoms with E-state index in [2.05, 4.69) is 4.98 Å². The van der Waals surface area contributed by atoms with Crippen molar-refractivity contribution in [1.82, 2.24) is 4.98 Å². The number of aromatic nitrogens is 1. The number of nitrogens with two attached hydrogens (primary N) is 1. The van der Waals surface area contributed by atoms with Crippen LogP contribution in [-0.4, -0.2) is 9.91 Å². The highest BCUT2D eigenvalue weighted by atomic mass is 35.5. The summed E-state index contributed by atoms with van der Waals surface area (Å²) in [5.41, 5.74) is 8.69. The van der Waals surface area contributed by atoms with Crippen molar-refractivity contribution >= 4 is 34.7 Å². The molecule has 3 rings (SSSR count). The van der Waals surface area contributed by atoms with Gasteiger partial charge < -0.3 is 5.73 Å². The summed E-state index contributed by atoms with van der Waals surface area (Å²) in [6.45, 7) is 1.77. The smallest absolute Gasteiger partial charge is 0.270 e. The lowest BCUT2D eigenvalue weighted by atomic mass is 9.92. The number of benzene rings is 2. The zero-order valence-electron chi connectivity index (χ0n) is 14.0. The molecule has 8 heteroatoms. The maximum Gasteiger partial charge on any atom is 0.270 e. The summed E-state index contributed by atoms with van der Waals surface area (Å²) in [4.78, 5) is 15.0. The van der Waals surface area contributed by atoms with Crippen LogP contribution in [0.5, 0.6) is 0 Å². The Labute approximate surface area is 164 Å². The summed E-state index contributed by atoms with van der Waals surface area (Å²) < 4.78 is 0. The molecule has 27 heavy (non-hydrogen) atoms. The number of pyridine rings is 1. The van der Waals surface area contributed by atoms with Crippen molar-refractivity contribution in [3.05, 3.63) is 73.8 Å². The van der Waals surface area contributed by atoms with Crippen molar-refractivity contribution < 1.29 is 4.92 Å². The molecule has 0 bridgehead atoms. The van der Waals surface area contributed by atoms with E-state index in [4.69, 9.17) is 28.9 Å². The van der Waals surface area contributed by atoms with Crippen LogP contribution in [0.4, 0.5) is 11.5 Å². The van der Waals surface area contributed by atoms with E-state index in [1.165, 1.54) is 18.2 Å². The van der Waals surface area contributed by atoms with Crippen LogP contribution in [0.25, 0.3) is 22.4 Å². The van der Waals surface area contributed by atoms with Crippen LogP contribution >= 0.6 is 23.2 Å². The fourth-order valence-electron chi connectivity index (χ4n) is 2.85. The molecule has 0 amide bonds. The highest BCUT2D eigenvalue weighted by Gasteiger charge is 2.22. The van der Waals surface area contributed by atoms with Crippen LogP contribution in [0.2, 0.25) is 10.0 Å². The minimum absolute atomic E-state index is 0.0191. The molecule has 0 aliphatic carbocycles. The Morgan fingerprint density at radius 3 is 2.44 bits per heavy atom. The molecule has 0 spiro atoms. The van der Waals surface area contributed by atoms with Gasteiger partial charge in [-0.25, -0.2) is 4.98 Å². The lowest BCUT2D eigenvalue weighted by molar-refractivity contribution is -0.384. The van der Waals surface area contributed by atoms with E-state index in [0.717, 1.165) is 5.56 Å². The number of halogens is 2. The van der Waals surface area contributed by atoms with Crippen molar-refractivity contribution in [1.29, 1.82) is 5.26 Å². The summed E-state index contributed by atoms with van der Waals surface area (Å²) >= 11 is 12.2. The third-order valence-corrected chi connectivity index (χ3v) is 4.71. The van der Waals surface area contributed by atoms with Gasteiger partial charge in [0.2, 0.25) is 0 Å². The van der Waals surface area contributed by atoms with Gasteiger partial charge in [0.1, 0.15) is 17.5 Å². The second kappa shape index (κ2) is 7.23. The number of nitro benzene ring substituents is 1. The molecule has 3 aromatic rings. The molecule has 0 aliphatic heterocycles. The number of nitriles is 1. The largest absolute Gasteiger partial charge is 0.383 e. The maximum absolute atomic E-state index is 11.2. The highest BCUT2D eigenvalue weighted by molar-refractivity contribution is 6.33. The van der Waals surface area contributed by atoms with Crippen LogP contribution in [0.3, 0.4) is 0 Å². The minimum Gasteiger partial charge on any atom is -0.383 e. The molecule has 0 unspecified atom stereocenters. The Balaban J connectivity index is 2.36. The Morgan fingerprint density at radius 1 is 1.19 bits per heavy atom. The molecule has 1 heterocycles. The predicted octanol–water partition coefficient (Wildman–Crippen LogP) is 5.39. The van der Waals surface area contributed by atoms with Crippen LogP contribution in [0.1, 0.15) is 11.1 Å². The van der Waals surface area contributed by atoms with Gasteiger partial charge in [-0.1, -0.05) is 35.3 Å². The van der Waals surface area contributed by atoms with Gasteiger partial charge in [0.05, 0.1) is 10.6 Å². The molecule has 0 atom stereocenters. The van der Waals surface area contributed by atoms with Crippen molar-refractivity contribution in [3.63, 3.8) is 0 Å². The molecule has 0 fully saturated rings. The summed E-state index contributed by atoms with van der Waals surface area (Å²) in [6.07, 6.45) is 0. The van der Waals surface area contributed by atoms with Gasteiger partial charge in [0, 0.05) is 38.9 Å². The maximum atomic E-state index is 11.2. The van der Waals surface area contributed by atoms with Gasteiger partial charge >= 0.3 is 0 Å². The fraction of sp³-hybridized carbons (Fsp3) is 0.0526. The summed E-state index contributed by atoms with van der Waals surface area (Å²) in [5, 5.41) is 21.6. The highest BCUT2D eigenvalue weighted by Crippen LogP contribution is 2.40. The fourth-order valence-corrected chi connectivity index (χ4v) is 3.19. The van der Waals surface area contributed by atoms with Crippen LogP contribution in [0.15, 0.2) is 42.5 Å². The summed E-state index contributed by atoms with van der Waals surface area (Å²) in [5.74, 6) is 0.0191. The summed E-state index contributed by atoms with van der Waals surface area (Å²) in [6, 6.07) is 13.1. The van der Waals surface area contributed by atoms with Gasteiger partial charge in [-0.3, -0.25) is 10.1 Å². The zero-order valence-corrected chi connectivity index (χ0v) is 15.5. The average Bonchev–Trinajstić information content (AvgIpc) is 2.64. The molecule has 2 aromatic carbocycles. The molecule has 0 radical (unpaired) electrons. The van der Waals surface area contributed by atoms with E-state index >= 15 is 0 Å². The van der Waals surface area contributed by atoms with Gasteiger partial charge in [0.25, 0.3) is 5.69 Å². The van der Waals surface area contributed by atoms with Crippen LogP contribution in [-0.2, 0) is 0 Å². The van der Waals surface area contributed by atoms with E-state index in [-0.39, 0.29) is 22.1 Å². The number of nitro groups is 1. The quantitative estimate of drug-likeness (QED) is 0.469. The number of rotatable bonds is 3. The van der Waals surface area contributed by atoms with E-state index in [1.54, 1.807) is 31.2 Å². The van der Waals surface area contributed by atoms with E-state index in [0.29, 0.717) is 27.4 Å². The van der Waals surface area contributed by atoms with Gasteiger partial charge in [-0.15, -0.1) is 0 Å². The number of non-ortho nitro benzene ring substituents is 1. The predicted molar refractivity (Wildman–Crippen MR) is 106 cm³/mol. The molecule has 0 aliphatic rings. The number of hydrogen-bond acceptors (Lipinski definition) is 5. The molecule has 0 saturated heterocycles. The van der Waals surface area contributed by atoms with Gasteiger partial charge in [0.15, 0.2) is 0 Å². The average molecular weight is 399 g/mol. The Bertz CT molecular complexity index is 1110. The monoisotopic (exact) mass is 398 g/mol. The van der Waals surface area contributed by atoms with Crippen molar-refractivity contribution in [2.45, 2.75) is 6.92 Å². The standard InChI is InChI=1S/C19H12Cl2N4O2/c1-10-17(14-8-13(25(26)27)6-7-16(14)21)15(9-22)19(23)24-18(10)11-2-4-12(20)5-3-11/h2-8H,1H3,(H2,23,24). The molecule has 1 aromatic heterocycles. The molecular weight excluding hydrogens is 387 g/mol. The lowest BCUT2D eigenvalue weighted by Gasteiger charge is -2.16. The van der Waals surface area contributed by atoms with Crippen molar-refractivity contribution in [3.8, 4) is 28.5 Å².